The largest absolute Gasteiger partial charge is 0.485 e. The molecule has 0 aliphatic heterocycles. The lowest BCUT2D eigenvalue weighted by Gasteiger charge is -2.18. The second kappa shape index (κ2) is 5.75. The van der Waals surface area contributed by atoms with Crippen LogP contribution in [-0.4, -0.2) is 6.61 Å². The summed E-state index contributed by atoms with van der Waals surface area (Å²) in [6.07, 6.45) is 0. The molecule has 2 N–H and O–H groups in total. The van der Waals surface area contributed by atoms with E-state index in [1.165, 1.54) is 30.3 Å². The van der Waals surface area contributed by atoms with Crippen molar-refractivity contribution in [1.29, 1.82) is 0 Å². The van der Waals surface area contributed by atoms with Crippen LogP contribution in [0.1, 0.15) is 5.56 Å². The molecule has 0 radical (unpaired) electrons. The highest BCUT2D eigenvalue weighted by Crippen LogP contribution is 2.32. The summed E-state index contributed by atoms with van der Waals surface area (Å²) in [5.41, 5.74) is 5.51. The minimum atomic E-state index is -3.18. The molecular formula is C14H11BrF3NO. The van der Waals surface area contributed by atoms with Crippen molar-refractivity contribution < 1.29 is 17.9 Å². The topological polar surface area (TPSA) is 35.2 Å². The molecule has 0 spiro atoms. The number of ether oxygens (including phenoxy) is 1. The monoisotopic (exact) mass is 345 g/mol. The van der Waals surface area contributed by atoms with Crippen LogP contribution in [0.25, 0.3) is 0 Å². The molecule has 0 bridgehead atoms. The number of nitrogen functional groups attached to an aromatic ring is 1. The number of alkyl halides is 2. The van der Waals surface area contributed by atoms with Crippen LogP contribution in [0.15, 0.2) is 46.9 Å². The van der Waals surface area contributed by atoms with E-state index < -0.39 is 18.3 Å². The highest BCUT2D eigenvalue weighted by molar-refractivity contribution is 9.10. The van der Waals surface area contributed by atoms with Gasteiger partial charge in [0.05, 0.1) is 10.2 Å². The third kappa shape index (κ3) is 3.25. The van der Waals surface area contributed by atoms with Gasteiger partial charge in [0.25, 0.3) is 0 Å². The molecule has 0 unspecified atom stereocenters. The highest BCUT2D eigenvalue weighted by atomic mass is 79.9. The molecule has 106 valence electrons. The number of hydrogen-bond donors (Lipinski definition) is 1. The van der Waals surface area contributed by atoms with Crippen LogP contribution in [0, 0.1) is 5.82 Å². The zero-order valence-electron chi connectivity index (χ0n) is 10.2. The van der Waals surface area contributed by atoms with E-state index in [1.54, 1.807) is 6.07 Å². The van der Waals surface area contributed by atoms with Crippen LogP contribution in [-0.2, 0) is 5.92 Å². The normalized spacial score (nSPS) is 11.4. The van der Waals surface area contributed by atoms with Gasteiger partial charge in [-0.3, -0.25) is 0 Å². The van der Waals surface area contributed by atoms with E-state index in [9.17, 15) is 13.2 Å². The highest BCUT2D eigenvalue weighted by Gasteiger charge is 2.32. The predicted molar refractivity (Wildman–Crippen MR) is 74.3 cm³/mol. The van der Waals surface area contributed by atoms with Crippen molar-refractivity contribution in [3.05, 3.63) is 58.3 Å². The zero-order chi connectivity index (χ0) is 14.8. The summed E-state index contributed by atoms with van der Waals surface area (Å²) >= 11 is 2.95. The lowest BCUT2D eigenvalue weighted by molar-refractivity contribution is -0.0465. The SMILES string of the molecule is Nc1cc(Br)c(F)cc1OCC(F)(F)c1ccccc1. The van der Waals surface area contributed by atoms with Gasteiger partial charge in [0, 0.05) is 11.6 Å². The van der Waals surface area contributed by atoms with Crippen LogP contribution in [0.3, 0.4) is 0 Å². The first kappa shape index (κ1) is 14.7. The minimum Gasteiger partial charge on any atom is -0.485 e. The first-order valence-corrected chi connectivity index (χ1v) is 6.50. The number of hydrogen-bond acceptors (Lipinski definition) is 2. The second-order valence-electron chi connectivity index (χ2n) is 4.16. The fourth-order valence-electron chi connectivity index (χ4n) is 1.60. The zero-order valence-corrected chi connectivity index (χ0v) is 11.8. The van der Waals surface area contributed by atoms with E-state index in [2.05, 4.69) is 15.9 Å². The number of halogens is 4. The van der Waals surface area contributed by atoms with Crippen molar-refractivity contribution in [1.82, 2.24) is 0 Å². The first-order chi connectivity index (χ1) is 9.40. The van der Waals surface area contributed by atoms with Gasteiger partial charge in [-0.15, -0.1) is 0 Å². The van der Waals surface area contributed by atoms with E-state index in [4.69, 9.17) is 10.5 Å². The van der Waals surface area contributed by atoms with E-state index in [0.29, 0.717) is 0 Å². The van der Waals surface area contributed by atoms with E-state index >= 15 is 0 Å². The van der Waals surface area contributed by atoms with Gasteiger partial charge in [0.15, 0.2) is 6.61 Å². The number of nitrogens with two attached hydrogens (primary N) is 1. The van der Waals surface area contributed by atoms with Gasteiger partial charge >= 0.3 is 5.92 Å². The van der Waals surface area contributed by atoms with E-state index in [0.717, 1.165) is 6.07 Å². The van der Waals surface area contributed by atoms with Gasteiger partial charge in [-0.1, -0.05) is 30.3 Å². The predicted octanol–water partition coefficient (Wildman–Crippen LogP) is 4.34. The third-order valence-corrected chi connectivity index (χ3v) is 3.27. The van der Waals surface area contributed by atoms with E-state index in [1.807, 2.05) is 0 Å². The molecule has 2 nitrogen and oxygen atoms in total. The molecule has 0 aliphatic carbocycles. The molecule has 0 amide bonds. The smallest absolute Gasteiger partial charge is 0.306 e. The molecule has 2 rings (SSSR count). The molecule has 0 aliphatic rings. The summed E-state index contributed by atoms with van der Waals surface area (Å²) in [6, 6.07) is 9.51. The van der Waals surface area contributed by atoms with Crippen LogP contribution in [0.5, 0.6) is 5.75 Å². The molecule has 0 saturated heterocycles. The Kier molecular flexibility index (Phi) is 4.23. The maximum atomic E-state index is 13.9. The van der Waals surface area contributed by atoms with Gasteiger partial charge < -0.3 is 10.5 Å². The summed E-state index contributed by atoms with van der Waals surface area (Å²) in [7, 11) is 0. The summed E-state index contributed by atoms with van der Waals surface area (Å²) in [5, 5.41) is 0. The Morgan fingerprint density at radius 3 is 2.45 bits per heavy atom. The maximum absolute atomic E-state index is 13.9. The summed E-state index contributed by atoms with van der Waals surface area (Å²) < 4.78 is 46.2. The van der Waals surface area contributed by atoms with Crippen LogP contribution >= 0.6 is 15.9 Å². The molecule has 0 saturated carbocycles. The molecule has 0 aromatic heterocycles. The Labute approximate surface area is 122 Å². The van der Waals surface area contributed by atoms with Crippen molar-refractivity contribution in [2.45, 2.75) is 5.92 Å². The lowest BCUT2D eigenvalue weighted by Crippen LogP contribution is -2.23. The Morgan fingerprint density at radius 1 is 1.15 bits per heavy atom. The van der Waals surface area contributed by atoms with Gasteiger partial charge in [-0.2, -0.15) is 8.78 Å². The molecule has 2 aromatic carbocycles. The molecule has 0 atom stereocenters. The Bertz CT molecular complexity index is 605. The van der Waals surface area contributed by atoms with Crippen molar-refractivity contribution in [3.8, 4) is 5.75 Å². The average Bonchev–Trinajstić information content (AvgIpc) is 2.42. The average molecular weight is 346 g/mol. The van der Waals surface area contributed by atoms with Crippen LogP contribution in [0.4, 0.5) is 18.9 Å². The van der Waals surface area contributed by atoms with Gasteiger partial charge in [-0.25, -0.2) is 4.39 Å². The lowest BCUT2D eigenvalue weighted by atomic mass is 10.1. The molecule has 6 heteroatoms. The minimum absolute atomic E-state index is 0.0853. The summed E-state index contributed by atoms with van der Waals surface area (Å²) in [6.45, 7) is -0.914. The van der Waals surface area contributed by atoms with Gasteiger partial charge in [-0.05, 0) is 22.0 Å². The molecule has 0 fully saturated rings. The van der Waals surface area contributed by atoms with Crippen molar-refractivity contribution in [3.63, 3.8) is 0 Å². The van der Waals surface area contributed by atoms with Crippen molar-refractivity contribution in [2.24, 2.45) is 0 Å². The fourth-order valence-corrected chi connectivity index (χ4v) is 1.96. The van der Waals surface area contributed by atoms with Gasteiger partial charge in [0.2, 0.25) is 0 Å². The Balaban J connectivity index is 2.14. The number of anilines is 1. The second-order valence-corrected chi connectivity index (χ2v) is 5.02. The standard InChI is InChI=1S/C14H11BrF3NO/c15-10-6-12(19)13(7-11(10)16)20-8-14(17,18)9-4-2-1-3-5-9/h1-7H,8,19H2. The van der Waals surface area contributed by atoms with Crippen LogP contribution < -0.4 is 10.5 Å². The van der Waals surface area contributed by atoms with Gasteiger partial charge in [0.1, 0.15) is 11.6 Å². The summed E-state index contributed by atoms with van der Waals surface area (Å²) in [4.78, 5) is 0. The Hall–Kier alpha value is -1.69. The van der Waals surface area contributed by atoms with E-state index in [-0.39, 0.29) is 21.5 Å². The summed E-state index contributed by atoms with van der Waals surface area (Å²) in [5.74, 6) is -3.92. The Morgan fingerprint density at radius 2 is 1.80 bits per heavy atom. The first-order valence-electron chi connectivity index (χ1n) is 5.71. The molecular weight excluding hydrogens is 335 g/mol. The maximum Gasteiger partial charge on any atom is 0.306 e. The molecule has 2 aromatic rings. The number of benzene rings is 2. The van der Waals surface area contributed by atoms with Crippen molar-refractivity contribution in [2.75, 3.05) is 12.3 Å². The van der Waals surface area contributed by atoms with Crippen molar-refractivity contribution >= 4 is 21.6 Å². The fraction of sp³-hybridized carbons (Fsp3) is 0.143. The number of rotatable bonds is 4. The molecule has 0 heterocycles. The quantitative estimate of drug-likeness (QED) is 0.836. The van der Waals surface area contributed by atoms with Crippen LogP contribution in [0.2, 0.25) is 0 Å². The third-order valence-electron chi connectivity index (χ3n) is 2.66. The molecule has 20 heavy (non-hydrogen) atoms.